The third kappa shape index (κ3) is 5.98. The first-order valence-electron chi connectivity index (χ1n) is 6.11. The van der Waals surface area contributed by atoms with Gasteiger partial charge in [-0.1, -0.05) is 0 Å². The Hall–Kier alpha value is -1.19. The first-order chi connectivity index (χ1) is 9.65. The monoisotopic (exact) mass is 329 g/mol. The van der Waals surface area contributed by atoms with E-state index in [4.69, 9.17) is 5.11 Å². The second-order valence-corrected chi connectivity index (χ2v) is 6.15. The fourth-order valence-corrected chi connectivity index (χ4v) is 2.70. The average molecular weight is 329 g/mol. The van der Waals surface area contributed by atoms with Gasteiger partial charge in [-0.2, -0.15) is 13.2 Å². The molecular formula is C12H15F4NO3S. The second-order valence-electron chi connectivity index (χ2n) is 4.38. The summed E-state index contributed by atoms with van der Waals surface area (Å²) in [6.45, 7) is -0.801. The summed E-state index contributed by atoms with van der Waals surface area (Å²) in [5.41, 5.74) is -0.171. The molecule has 0 spiro atoms. The molecule has 1 aromatic carbocycles. The van der Waals surface area contributed by atoms with Gasteiger partial charge in [-0.25, -0.2) is 17.5 Å². The van der Waals surface area contributed by atoms with Crippen molar-refractivity contribution in [3.63, 3.8) is 0 Å². The summed E-state index contributed by atoms with van der Waals surface area (Å²) >= 11 is 0. The number of sulfonamides is 1. The smallest absolute Gasteiger partial charge is 0.389 e. The van der Waals surface area contributed by atoms with Gasteiger partial charge in [0, 0.05) is 18.5 Å². The van der Waals surface area contributed by atoms with Crippen LogP contribution in [-0.4, -0.2) is 26.2 Å². The maximum atomic E-state index is 13.1. The van der Waals surface area contributed by atoms with E-state index in [0.717, 1.165) is 18.2 Å². The number of hydrogen-bond acceptors (Lipinski definition) is 3. The van der Waals surface area contributed by atoms with Crippen LogP contribution in [0.2, 0.25) is 0 Å². The first kappa shape index (κ1) is 17.9. The normalized spacial score (nSPS) is 12.6. The summed E-state index contributed by atoms with van der Waals surface area (Å²) in [4.78, 5) is -0.247. The zero-order valence-corrected chi connectivity index (χ0v) is 11.8. The van der Waals surface area contributed by atoms with Crippen LogP contribution in [0.5, 0.6) is 0 Å². The lowest BCUT2D eigenvalue weighted by Gasteiger charge is -2.09. The van der Waals surface area contributed by atoms with Crippen molar-refractivity contribution in [2.24, 2.45) is 0 Å². The van der Waals surface area contributed by atoms with E-state index < -0.39 is 35.0 Å². The molecule has 2 N–H and O–H groups in total. The van der Waals surface area contributed by atoms with E-state index in [1.807, 2.05) is 0 Å². The molecular weight excluding hydrogens is 314 g/mol. The fraction of sp³-hybridized carbons (Fsp3) is 0.500. The Morgan fingerprint density at radius 2 is 1.86 bits per heavy atom. The minimum atomic E-state index is -4.26. The summed E-state index contributed by atoms with van der Waals surface area (Å²) in [5, 5.41) is 8.87. The van der Waals surface area contributed by atoms with Gasteiger partial charge >= 0.3 is 6.18 Å². The minimum Gasteiger partial charge on any atom is -0.392 e. The molecule has 0 aliphatic rings. The van der Waals surface area contributed by atoms with E-state index in [2.05, 4.69) is 4.72 Å². The summed E-state index contributed by atoms with van der Waals surface area (Å²) in [5.74, 6) is -0.735. The fourth-order valence-electron chi connectivity index (χ4n) is 1.58. The van der Waals surface area contributed by atoms with Crippen LogP contribution >= 0.6 is 0 Å². The van der Waals surface area contributed by atoms with Crippen LogP contribution in [-0.2, 0) is 16.6 Å². The Balaban J connectivity index is 2.58. The number of unbranched alkanes of at least 4 members (excludes halogenated alkanes) is 1. The Bertz CT molecular complexity index is 572. The maximum Gasteiger partial charge on any atom is 0.389 e. The van der Waals surface area contributed by atoms with Crippen molar-refractivity contribution in [2.75, 3.05) is 6.54 Å². The van der Waals surface area contributed by atoms with Crippen LogP contribution in [0, 0.1) is 5.82 Å². The van der Waals surface area contributed by atoms with Gasteiger partial charge in [0.15, 0.2) is 0 Å². The predicted octanol–water partition coefficient (Wildman–Crippen LogP) is 2.33. The van der Waals surface area contributed by atoms with Crippen molar-refractivity contribution < 1.29 is 31.1 Å². The first-order valence-corrected chi connectivity index (χ1v) is 7.60. The van der Waals surface area contributed by atoms with Crippen LogP contribution in [0.4, 0.5) is 17.6 Å². The second kappa shape index (κ2) is 7.19. The highest BCUT2D eigenvalue weighted by Crippen LogP contribution is 2.22. The molecule has 0 bridgehead atoms. The predicted molar refractivity (Wildman–Crippen MR) is 67.4 cm³/mol. The molecule has 0 unspecified atom stereocenters. The zero-order chi connectivity index (χ0) is 16.1. The number of alkyl halides is 3. The maximum absolute atomic E-state index is 13.1. The molecule has 0 atom stereocenters. The van der Waals surface area contributed by atoms with Crippen molar-refractivity contribution in [3.8, 4) is 0 Å². The van der Waals surface area contributed by atoms with Crippen molar-refractivity contribution in [1.82, 2.24) is 4.72 Å². The van der Waals surface area contributed by atoms with Gasteiger partial charge < -0.3 is 5.11 Å². The van der Waals surface area contributed by atoms with Gasteiger partial charge in [0.05, 0.1) is 11.5 Å². The lowest BCUT2D eigenvalue weighted by atomic mass is 10.2. The number of nitrogens with one attached hydrogen (secondary N) is 1. The minimum absolute atomic E-state index is 0.0345. The number of aliphatic hydroxyl groups excluding tert-OH is 1. The average Bonchev–Trinajstić information content (AvgIpc) is 2.37. The molecule has 0 saturated heterocycles. The number of benzene rings is 1. The van der Waals surface area contributed by atoms with E-state index >= 15 is 0 Å². The summed E-state index contributed by atoms with van der Waals surface area (Å²) in [7, 11) is -3.93. The summed E-state index contributed by atoms with van der Waals surface area (Å²) in [6.07, 6.45) is -5.38. The van der Waals surface area contributed by atoms with Gasteiger partial charge in [0.25, 0.3) is 0 Å². The van der Waals surface area contributed by atoms with Crippen molar-refractivity contribution in [1.29, 1.82) is 0 Å². The number of aliphatic hydroxyl groups is 1. The standard InChI is InChI=1S/C12H15F4NO3S/c13-11-4-3-10(7-9(11)8-18)21(19,20)17-6-2-1-5-12(14,15)16/h3-4,7,17-18H,1-2,5-6,8H2. The molecule has 0 aliphatic heterocycles. The lowest BCUT2D eigenvalue weighted by Crippen LogP contribution is -2.25. The van der Waals surface area contributed by atoms with Crippen LogP contribution in [0.1, 0.15) is 24.8 Å². The molecule has 4 nitrogen and oxygen atoms in total. The van der Waals surface area contributed by atoms with E-state index in [1.54, 1.807) is 0 Å². The van der Waals surface area contributed by atoms with E-state index in [0.29, 0.717) is 0 Å². The summed E-state index contributed by atoms with van der Waals surface area (Å²) < 4.78 is 74.7. The highest BCUT2D eigenvalue weighted by Gasteiger charge is 2.26. The molecule has 0 saturated carbocycles. The SMILES string of the molecule is O=S(=O)(NCCCCC(F)(F)F)c1ccc(F)c(CO)c1. The van der Waals surface area contributed by atoms with E-state index in [-0.39, 0.29) is 29.8 Å². The van der Waals surface area contributed by atoms with Crippen LogP contribution < -0.4 is 4.72 Å². The van der Waals surface area contributed by atoms with Crippen LogP contribution in [0.15, 0.2) is 23.1 Å². The van der Waals surface area contributed by atoms with Crippen LogP contribution in [0.25, 0.3) is 0 Å². The highest BCUT2D eigenvalue weighted by molar-refractivity contribution is 7.89. The Morgan fingerprint density at radius 3 is 2.43 bits per heavy atom. The van der Waals surface area contributed by atoms with Gasteiger partial charge in [-0.05, 0) is 31.0 Å². The van der Waals surface area contributed by atoms with E-state index in [1.165, 1.54) is 0 Å². The molecule has 0 fully saturated rings. The van der Waals surface area contributed by atoms with Crippen LogP contribution in [0.3, 0.4) is 0 Å². The zero-order valence-electron chi connectivity index (χ0n) is 11.0. The molecule has 9 heteroatoms. The quantitative estimate of drug-likeness (QED) is 0.596. The van der Waals surface area contributed by atoms with Gasteiger partial charge in [-0.3, -0.25) is 0 Å². The third-order valence-corrected chi connectivity index (χ3v) is 4.14. The van der Waals surface area contributed by atoms with Gasteiger partial charge in [0.1, 0.15) is 5.82 Å². The molecule has 0 aliphatic carbocycles. The molecule has 21 heavy (non-hydrogen) atoms. The van der Waals surface area contributed by atoms with Crippen molar-refractivity contribution in [2.45, 2.75) is 36.9 Å². The molecule has 0 radical (unpaired) electrons. The largest absolute Gasteiger partial charge is 0.392 e. The van der Waals surface area contributed by atoms with E-state index in [9.17, 15) is 26.0 Å². The topological polar surface area (TPSA) is 66.4 Å². The lowest BCUT2D eigenvalue weighted by molar-refractivity contribution is -0.135. The molecule has 1 rings (SSSR count). The summed E-state index contributed by atoms with van der Waals surface area (Å²) in [6, 6.07) is 2.91. The van der Waals surface area contributed by atoms with Gasteiger partial charge in [-0.15, -0.1) is 0 Å². The molecule has 120 valence electrons. The van der Waals surface area contributed by atoms with Gasteiger partial charge in [0.2, 0.25) is 10.0 Å². The molecule has 0 heterocycles. The number of halogens is 4. The number of rotatable bonds is 7. The Kier molecular flexibility index (Phi) is 6.11. The highest BCUT2D eigenvalue weighted by atomic mass is 32.2. The number of hydrogen-bond donors (Lipinski definition) is 2. The Labute approximate surface area is 119 Å². The molecule has 0 aromatic heterocycles. The molecule has 1 aromatic rings. The molecule has 0 amide bonds. The Morgan fingerprint density at radius 1 is 1.19 bits per heavy atom. The van der Waals surface area contributed by atoms with Crippen molar-refractivity contribution >= 4 is 10.0 Å². The van der Waals surface area contributed by atoms with Crippen molar-refractivity contribution in [3.05, 3.63) is 29.6 Å². The third-order valence-electron chi connectivity index (χ3n) is 2.68.